The number of carbonyl (C=O) groups excluding carboxylic acids is 3. The van der Waals surface area contributed by atoms with Gasteiger partial charge in [-0.1, -0.05) is 12.1 Å². The van der Waals surface area contributed by atoms with Crippen molar-refractivity contribution in [2.24, 2.45) is 5.92 Å². The van der Waals surface area contributed by atoms with E-state index in [0.717, 1.165) is 5.69 Å². The molecular weight excluding hydrogens is 334 g/mol. The summed E-state index contributed by atoms with van der Waals surface area (Å²) in [6, 6.07) is 6.97. The fourth-order valence-electron chi connectivity index (χ4n) is 3.59. The zero-order valence-corrected chi connectivity index (χ0v) is 15.2. The van der Waals surface area contributed by atoms with Crippen LogP contribution in [0.2, 0.25) is 0 Å². The number of likely N-dealkylation sites (tertiary alicyclic amines) is 1. The Morgan fingerprint density at radius 2 is 1.96 bits per heavy atom. The van der Waals surface area contributed by atoms with E-state index in [1.54, 1.807) is 17.9 Å². The molecule has 0 saturated carbocycles. The number of para-hydroxylation sites is 2. The Morgan fingerprint density at radius 3 is 2.65 bits per heavy atom. The molecule has 2 amide bonds. The van der Waals surface area contributed by atoms with Gasteiger partial charge in [0.25, 0.3) is 0 Å². The number of carbonyl (C=O) groups is 3. The number of esters is 1. The average molecular weight is 359 g/mol. The van der Waals surface area contributed by atoms with Crippen LogP contribution >= 0.6 is 0 Å². The number of rotatable bonds is 4. The van der Waals surface area contributed by atoms with E-state index in [4.69, 9.17) is 4.74 Å². The van der Waals surface area contributed by atoms with Crippen LogP contribution in [0.4, 0.5) is 11.4 Å². The Kier molecular flexibility index (Phi) is 5.56. The molecule has 140 valence electrons. The van der Waals surface area contributed by atoms with Gasteiger partial charge in [0, 0.05) is 0 Å². The Labute approximate surface area is 153 Å². The largest absolute Gasteiger partial charge is 0.466 e. The maximum atomic E-state index is 13.0. The molecule has 7 nitrogen and oxygen atoms in total. The van der Waals surface area contributed by atoms with Crippen LogP contribution < -0.4 is 10.2 Å². The van der Waals surface area contributed by atoms with Crippen molar-refractivity contribution in [2.75, 3.05) is 36.5 Å². The van der Waals surface area contributed by atoms with Crippen LogP contribution in [0.25, 0.3) is 0 Å². The average Bonchev–Trinajstić information content (AvgIpc) is 2.66. The van der Waals surface area contributed by atoms with E-state index in [2.05, 4.69) is 10.2 Å². The van der Waals surface area contributed by atoms with Crippen LogP contribution in [0.3, 0.4) is 0 Å². The van der Waals surface area contributed by atoms with Crippen LogP contribution in [-0.4, -0.2) is 55.0 Å². The van der Waals surface area contributed by atoms with E-state index in [1.165, 1.54) is 0 Å². The summed E-state index contributed by atoms with van der Waals surface area (Å²) in [6.07, 6.45) is 1.38. The molecule has 1 fully saturated rings. The summed E-state index contributed by atoms with van der Waals surface area (Å²) in [7, 11) is 0. The number of hydrogen-bond donors (Lipinski definition) is 1. The van der Waals surface area contributed by atoms with E-state index in [-0.39, 0.29) is 36.3 Å². The minimum atomic E-state index is -0.350. The molecule has 0 spiro atoms. The molecule has 3 rings (SSSR count). The van der Waals surface area contributed by atoms with Crippen LogP contribution in [0.15, 0.2) is 24.3 Å². The summed E-state index contributed by atoms with van der Waals surface area (Å²) >= 11 is 0. The second kappa shape index (κ2) is 7.86. The molecule has 0 bridgehead atoms. The second-order valence-corrected chi connectivity index (χ2v) is 6.73. The Hall–Kier alpha value is -2.41. The highest BCUT2D eigenvalue weighted by molar-refractivity contribution is 6.11. The third-order valence-corrected chi connectivity index (χ3v) is 5.09. The Balaban J connectivity index is 1.66. The summed E-state index contributed by atoms with van der Waals surface area (Å²) in [5.74, 6) is -0.519. The first-order valence-corrected chi connectivity index (χ1v) is 9.12. The topological polar surface area (TPSA) is 79.0 Å². The van der Waals surface area contributed by atoms with Gasteiger partial charge in [0.15, 0.2) is 0 Å². The van der Waals surface area contributed by atoms with Crippen molar-refractivity contribution < 1.29 is 19.1 Å². The van der Waals surface area contributed by atoms with Crippen molar-refractivity contribution in [2.45, 2.75) is 32.7 Å². The number of piperidine rings is 1. The highest BCUT2D eigenvalue weighted by Crippen LogP contribution is 2.30. The maximum Gasteiger partial charge on any atom is 0.309 e. The summed E-state index contributed by atoms with van der Waals surface area (Å²) in [5.41, 5.74) is 1.38. The quantitative estimate of drug-likeness (QED) is 0.827. The van der Waals surface area contributed by atoms with Crippen molar-refractivity contribution in [3.05, 3.63) is 24.3 Å². The lowest BCUT2D eigenvalue weighted by Gasteiger charge is -2.38. The molecule has 0 radical (unpaired) electrons. The number of hydrogen-bond acceptors (Lipinski definition) is 5. The number of amides is 2. The molecule has 2 aliphatic rings. The van der Waals surface area contributed by atoms with Gasteiger partial charge in [0.1, 0.15) is 6.54 Å². The van der Waals surface area contributed by atoms with Crippen LogP contribution in [-0.2, 0) is 19.1 Å². The third-order valence-electron chi connectivity index (χ3n) is 5.09. The van der Waals surface area contributed by atoms with E-state index in [1.807, 2.05) is 25.1 Å². The predicted molar refractivity (Wildman–Crippen MR) is 97.8 cm³/mol. The fraction of sp³-hybridized carbons (Fsp3) is 0.526. The Bertz CT molecular complexity index is 698. The summed E-state index contributed by atoms with van der Waals surface area (Å²) in [4.78, 5) is 40.5. The SMILES string of the molecule is CCOC(=O)C1CCN(C(C)C(=O)N2CC(=O)Nc3ccccc32)CC1. The molecule has 0 aliphatic carbocycles. The third kappa shape index (κ3) is 3.72. The molecule has 2 aliphatic heterocycles. The van der Waals surface area contributed by atoms with Gasteiger partial charge in [-0.15, -0.1) is 0 Å². The molecule has 1 saturated heterocycles. The number of benzene rings is 1. The fourth-order valence-corrected chi connectivity index (χ4v) is 3.59. The standard InChI is InChI=1S/C19H25N3O4/c1-3-26-19(25)14-8-10-21(11-9-14)13(2)18(24)22-12-17(23)20-15-6-4-5-7-16(15)22/h4-7,13-14H,3,8-12H2,1-2H3,(H,20,23). The normalized spacial score (nSPS) is 19.5. The second-order valence-electron chi connectivity index (χ2n) is 6.73. The van der Waals surface area contributed by atoms with Crippen molar-refractivity contribution in [1.82, 2.24) is 4.90 Å². The number of fused-ring (bicyclic) bond motifs is 1. The van der Waals surface area contributed by atoms with Gasteiger partial charge in [0.05, 0.1) is 29.9 Å². The van der Waals surface area contributed by atoms with Gasteiger partial charge in [-0.2, -0.15) is 0 Å². The monoisotopic (exact) mass is 359 g/mol. The van der Waals surface area contributed by atoms with Gasteiger partial charge in [0.2, 0.25) is 11.8 Å². The first-order chi connectivity index (χ1) is 12.5. The van der Waals surface area contributed by atoms with Gasteiger partial charge < -0.3 is 10.1 Å². The van der Waals surface area contributed by atoms with Gasteiger partial charge in [-0.05, 0) is 51.9 Å². The van der Waals surface area contributed by atoms with Gasteiger partial charge in [-0.25, -0.2) is 0 Å². The van der Waals surface area contributed by atoms with E-state index < -0.39 is 0 Å². The van der Waals surface area contributed by atoms with Crippen molar-refractivity contribution in [1.29, 1.82) is 0 Å². The molecule has 1 N–H and O–H groups in total. The van der Waals surface area contributed by atoms with Crippen LogP contribution in [0, 0.1) is 5.92 Å². The highest BCUT2D eigenvalue weighted by Gasteiger charge is 2.35. The van der Waals surface area contributed by atoms with Gasteiger partial charge in [-0.3, -0.25) is 24.2 Å². The first kappa shape index (κ1) is 18.4. The molecule has 1 unspecified atom stereocenters. The molecule has 26 heavy (non-hydrogen) atoms. The zero-order chi connectivity index (χ0) is 18.7. The van der Waals surface area contributed by atoms with Gasteiger partial charge >= 0.3 is 5.97 Å². The van der Waals surface area contributed by atoms with Crippen LogP contribution in [0.1, 0.15) is 26.7 Å². The van der Waals surface area contributed by atoms with E-state index >= 15 is 0 Å². The lowest BCUT2D eigenvalue weighted by molar-refractivity contribution is -0.149. The maximum absolute atomic E-state index is 13.0. The Morgan fingerprint density at radius 1 is 1.27 bits per heavy atom. The number of ether oxygens (including phenoxy) is 1. The first-order valence-electron chi connectivity index (χ1n) is 9.12. The van der Waals surface area contributed by atoms with E-state index in [0.29, 0.717) is 38.2 Å². The molecular formula is C19H25N3O4. The van der Waals surface area contributed by atoms with E-state index in [9.17, 15) is 14.4 Å². The molecule has 0 aromatic heterocycles. The summed E-state index contributed by atoms with van der Waals surface area (Å²) in [6.45, 7) is 5.42. The summed E-state index contributed by atoms with van der Waals surface area (Å²) < 4.78 is 5.09. The van der Waals surface area contributed by atoms with Crippen molar-refractivity contribution in [3.63, 3.8) is 0 Å². The lowest BCUT2D eigenvalue weighted by atomic mass is 9.96. The molecule has 1 aromatic rings. The summed E-state index contributed by atoms with van der Waals surface area (Å²) in [5, 5.41) is 2.80. The number of anilines is 2. The predicted octanol–water partition coefficient (Wildman–Crippen LogP) is 1.64. The number of nitrogens with zero attached hydrogens (tertiary/aromatic N) is 2. The minimum absolute atomic E-state index is 0.0273. The number of nitrogens with one attached hydrogen (secondary N) is 1. The smallest absolute Gasteiger partial charge is 0.309 e. The lowest BCUT2D eigenvalue weighted by Crippen LogP contribution is -2.53. The van der Waals surface area contributed by atoms with Crippen molar-refractivity contribution >= 4 is 29.2 Å². The molecule has 2 heterocycles. The minimum Gasteiger partial charge on any atom is -0.466 e. The molecule has 1 aromatic carbocycles. The molecule has 1 atom stereocenters. The van der Waals surface area contributed by atoms with Crippen LogP contribution in [0.5, 0.6) is 0 Å². The zero-order valence-electron chi connectivity index (χ0n) is 15.2. The highest BCUT2D eigenvalue weighted by atomic mass is 16.5. The van der Waals surface area contributed by atoms with Crippen molar-refractivity contribution in [3.8, 4) is 0 Å². The molecule has 7 heteroatoms.